The number of hydrogen-bond donors (Lipinski definition) is 1. The molecule has 2 heterocycles. The Morgan fingerprint density at radius 3 is 2.80 bits per heavy atom. The van der Waals surface area contributed by atoms with Gasteiger partial charge in [0.05, 0.1) is 10.2 Å². The zero-order valence-electron chi connectivity index (χ0n) is 13.6. The minimum absolute atomic E-state index is 0.362. The Hall–Kier alpha value is -2.44. The van der Waals surface area contributed by atoms with Crippen LogP contribution in [0, 0.1) is 0 Å². The second-order valence-electron chi connectivity index (χ2n) is 6.16. The van der Waals surface area contributed by atoms with Crippen molar-refractivity contribution in [3.05, 3.63) is 54.1 Å². The van der Waals surface area contributed by atoms with Crippen molar-refractivity contribution in [3.63, 3.8) is 0 Å². The lowest BCUT2D eigenvalue weighted by molar-refractivity contribution is -0.142. The molecular weight excluding hydrogens is 336 g/mol. The monoisotopic (exact) mass is 354 g/mol. The highest BCUT2D eigenvalue weighted by Gasteiger charge is 2.30. The molecule has 1 saturated heterocycles. The maximum atomic E-state index is 11.3. The molecule has 1 aliphatic rings. The van der Waals surface area contributed by atoms with Gasteiger partial charge in [0.2, 0.25) is 0 Å². The van der Waals surface area contributed by atoms with Gasteiger partial charge in [0.25, 0.3) is 5.19 Å². The Morgan fingerprint density at radius 1 is 1.24 bits per heavy atom. The number of benzene rings is 2. The first-order valence-electron chi connectivity index (χ1n) is 8.28. The van der Waals surface area contributed by atoms with Gasteiger partial charge in [0, 0.05) is 6.54 Å². The molecule has 6 heteroatoms. The van der Waals surface area contributed by atoms with Crippen LogP contribution in [0.15, 0.2) is 48.5 Å². The molecule has 1 fully saturated rings. The Morgan fingerprint density at radius 2 is 2.04 bits per heavy atom. The van der Waals surface area contributed by atoms with Crippen LogP contribution in [0.5, 0.6) is 10.9 Å². The van der Waals surface area contributed by atoms with Gasteiger partial charge in [-0.25, -0.2) is 4.98 Å². The smallest absolute Gasteiger partial charge is 0.320 e. The maximum absolute atomic E-state index is 11.3. The van der Waals surface area contributed by atoms with Crippen molar-refractivity contribution in [1.82, 2.24) is 9.88 Å². The number of aliphatic carboxylic acids is 1. The summed E-state index contributed by atoms with van der Waals surface area (Å²) < 4.78 is 6.95. The molecule has 1 unspecified atom stereocenters. The largest absolute Gasteiger partial charge is 0.480 e. The van der Waals surface area contributed by atoms with Gasteiger partial charge in [-0.2, -0.15) is 0 Å². The molecule has 5 nitrogen and oxygen atoms in total. The molecule has 0 aliphatic carbocycles. The number of thiazole rings is 1. The highest BCUT2D eigenvalue weighted by Crippen LogP contribution is 2.31. The third-order valence-electron chi connectivity index (χ3n) is 4.44. The number of carboxylic acids is 1. The van der Waals surface area contributed by atoms with E-state index in [-0.39, 0.29) is 6.04 Å². The molecular formula is C19H18N2O3S. The molecule has 1 N–H and O–H groups in total. The van der Waals surface area contributed by atoms with Crippen molar-refractivity contribution in [2.45, 2.75) is 25.4 Å². The zero-order chi connectivity index (χ0) is 17.2. The number of fused-ring (bicyclic) bond motifs is 1. The molecule has 1 atom stereocenters. The lowest BCUT2D eigenvalue weighted by Crippen LogP contribution is -2.35. The van der Waals surface area contributed by atoms with Crippen LogP contribution in [-0.4, -0.2) is 33.5 Å². The van der Waals surface area contributed by atoms with Crippen LogP contribution in [-0.2, 0) is 11.3 Å². The van der Waals surface area contributed by atoms with Crippen molar-refractivity contribution >= 4 is 27.5 Å². The fourth-order valence-corrected chi connectivity index (χ4v) is 4.02. The minimum atomic E-state index is -0.728. The van der Waals surface area contributed by atoms with Crippen LogP contribution in [0.4, 0.5) is 0 Å². The highest BCUT2D eigenvalue weighted by atomic mass is 32.1. The van der Waals surface area contributed by atoms with Gasteiger partial charge >= 0.3 is 5.97 Å². The van der Waals surface area contributed by atoms with E-state index in [2.05, 4.69) is 4.98 Å². The Kier molecular flexibility index (Phi) is 4.38. The number of ether oxygens (including phenoxy) is 1. The molecule has 128 valence electrons. The van der Waals surface area contributed by atoms with E-state index in [0.29, 0.717) is 11.7 Å². The summed E-state index contributed by atoms with van der Waals surface area (Å²) in [5, 5.41) is 9.89. The molecule has 0 spiro atoms. The first-order chi connectivity index (χ1) is 12.2. The van der Waals surface area contributed by atoms with Gasteiger partial charge in [-0.05, 0) is 49.2 Å². The number of aromatic nitrogens is 1. The van der Waals surface area contributed by atoms with Crippen molar-refractivity contribution in [1.29, 1.82) is 0 Å². The molecule has 0 saturated carbocycles. The first-order valence-corrected chi connectivity index (χ1v) is 9.10. The van der Waals surface area contributed by atoms with E-state index >= 15 is 0 Å². The summed E-state index contributed by atoms with van der Waals surface area (Å²) in [7, 11) is 0. The molecule has 4 rings (SSSR count). The lowest BCUT2D eigenvalue weighted by atomic mass is 10.2. The van der Waals surface area contributed by atoms with E-state index in [9.17, 15) is 9.90 Å². The molecule has 1 aliphatic heterocycles. The van der Waals surface area contributed by atoms with Gasteiger partial charge in [-0.1, -0.05) is 35.6 Å². The van der Waals surface area contributed by atoms with Crippen LogP contribution in [0.1, 0.15) is 18.4 Å². The molecule has 2 aromatic carbocycles. The summed E-state index contributed by atoms with van der Waals surface area (Å²) in [5.41, 5.74) is 2.03. The zero-order valence-corrected chi connectivity index (χ0v) is 14.4. The highest BCUT2D eigenvalue weighted by molar-refractivity contribution is 7.20. The molecule has 0 bridgehead atoms. The quantitative estimate of drug-likeness (QED) is 0.746. The van der Waals surface area contributed by atoms with Gasteiger partial charge in [0.1, 0.15) is 11.8 Å². The number of para-hydroxylation sites is 1. The molecule has 25 heavy (non-hydrogen) atoms. The van der Waals surface area contributed by atoms with E-state index in [1.54, 1.807) is 0 Å². The third-order valence-corrected chi connectivity index (χ3v) is 5.35. The van der Waals surface area contributed by atoms with Gasteiger partial charge in [-0.3, -0.25) is 9.69 Å². The van der Waals surface area contributed by atoms with Crippen LogP contribution in [0.2, 0.25) is 0 Å². The van der Waals surface area contributed by atoms with Crippen LogP contribution < -0.4 is 4.74 Å². The average Bonchev–Trinajstić information content (AvgIpc) is 3.22. The van der Waals surface area contributed by atoms with Crippen LogP contribution in [0.3, 0.4) is 0 Å². The van der Waals surface area contributed by atoms with E-state index in [0.717, 1.165) is 40.9 Å². The number of carbonyl (C=O) groups is 1. The lowest BCUT2D eigenvalue weighted by Gasteiger charge is -2.21. The summed E-state index contributed by atoms with van der Waals surface area (Å²) >= 11 is 1.52. The topological polar surface area (TPSA) is 62.7 Å². The molecule has 0 amide bonds. The maximum Gasteiger partial charge on any atom is 0.320 e. The van der Waals surface area contributed by atoms with Gasteiger partial charge in [-0.15, -0.1) is 0 Å². The van der Waals surface area contributed by atoms with E-state index in [1.807, 2.05) is 53.4 Å². The van der Waals surface area contributed by atoms with Crippen molar-refractivity contribution in [2.24, 2.45) is 0 Å². The summed E-state index contributed by atoms with van der Waals surface area (Å²) in [5.74, 6) is 0.00676. The first kappa shape index (κ1) is 16.1. The summed E-state index contributed by atoms with van der Waals surface area (Å²) in [6.07, 6.45) is 1.67. The molecule has 0 radical (unpaired) electrons. The Labute approximate surface area is 149 Å². The number of rotatable bonds is 5. The predicted octanol–water partition coefficient (Wildman–Crippen LogP) is 4.14. The summed E-state index contributed by atoms with van der Waals surface area (Å²) in [6.45, 7) is 1.49. The average molecular weight is 354 g/mol. The number of carboxylic acid groups (broad SMARTS) is 1. The molecule has 1 aromatic heterocycles. The third kappa shape index (κ3) is 3.50. The van der Waals surface area contributed by atoms with Gasteiger partial charge < -0.3 is 9.84 Å². The second-order valence-corrected chi connectivity index (χ2v) is 7.15. The van der Waals surface area contributed by atoms with Crippen molar-refractivity contribution in [2.75, 3.05) is 6.54 Å². The van der Waals surface area contributed by atoms with Crippen LogP contribution in [0.25, 0.3) is 10.2 Å². The minimum Gasteiger partial charge on any atom is -0.480 e. The van der Waals surface area contributed by atoms with Crippen LogP contribution >= 0.6 is 11.3 Å². The standard InChI is InChI=1S/C19H18N2O3S/c22-18(23)16-5-3-11-21(16)12-13-7-9-14(10-8-13)24-19-20-15-4-1-2-6-17(15)25-19/h1-2,4,6-10,16H,3,5,11-12H2,(H,22,23). The van der Waals surface area contributed by atoms with E-state index in [4.69, 9.17) is 4.74 Å². The van der Waals surface area contributed by atoms with E-state index < -0.39 is 5.97 Å². The number of nitrogens with zero attached hydrogens (tertiary/aromatic N) is 2. The van der Waals surface area contributed by atoms with Gasteiger partial charge in [0.15, 0.2) is 0 Å². The number of likely N-dealkylation sites (tertiary alicyclic amines) is 1. The number of hydrogen-bond acceptors (Lipinski definition) is 5. The Balaban J connectivity index is 1.44. The summed E-state index contributed by atoms with van der Waals surface area (Å²) in [4.78, 5) is 17.8. The SMILES string of the molecule is O=C(O)C1CCCN1Cc1ccc(Oc2nc3ccccc3s2)cc1. The van der Waals surface area contributed by atoms with Crippen molar-refractivity contribution in [3.8, 4) is 10.9 Å². The van der Waals surface area contributed by atoms with Crippen molar-refractivity contribution < 1.29 is 14.6 Å². The molecule has 3 aromatic rings. The Bertz CT molecular complexity index is 858. The predicted molar refractivity (Wildman–Crippen MR) is 97.2 cm³/mol. The fourth-order valence-electron chi connectivity index (χ4n) is 3.19. The second kappa shape index (κ2) is 6.82. The normalized spacial score (nSPS) is 17.8. The summed E-state index contributed by atoms with van der Waals surface area (Å²) in [6, 6.07) is 15.4. The van der Waals surface area contributed by atoms with E-state index in [1.165, 1.54) is 11.3 Å². The fraction of sp³-hybridized carbons (Fsp3) is 0.263.